The summed E-state index contributed by atoms with van der Waals surface area (Å²) in [4.78, 5) is 12.3. The van der Waals surface area contributed by atoms with Gasteiger partial charge in [0.2, 0.25) is 5.91 Å². The largest absolute Gasteiger partial charge is 0.356 e. The maximum atomic E-state index is 12.3. The van der Waals surface area contributed by atoms with Gasteiger partial charge in [0.15, 0.2) is 5.58 Å². The first kappa shape index (κ1) is 14.4. The van der Waals surface area contributed by atoms with Crippen LogP contribution in [0, 0.1) is 0 Å². The van der Waals surface area contributed by atoms with Crippen molar-refractivity contribution in [2.75, 3.05) is 5.88 Å². The minimum Gasteiger partial charge on any atom is -0.356 e. The molecule has 1 aliphatic carbocycles. The summed E-state index contributed by atoms with van der Waals surface area (Å²) in [5.41, 5.74) is 1.16. The van der Waals surface area contributed by atoms with E-state index in [0.717, 1.165) is 31.1 Å². The maximum Gasteiger partial charge on any atom is 0.226 e. The first-order valence-electron chi connectivity index (χ1n) is 7.43. The molecule has 112 valence electrons. The van der Waals surface area contributed by atoms with Gasteiger partial charge in [-0.25, -0.2) is 0 Å². The number of nitrogens with one attached hydrogen (secondary N) is 1. The summed E-state index contributed by atoms with van der Waals surface area (Å²) in [6.07, 6.45) is 5.63. The van der Waals surface area contributed by atoms with Gasteiger partial charge in [-0.2, -0.15) is 0 Å². The second kappa shape index (κ2) is 6.06. The lowest BCUT2D eigenvalue weighted by Crippen LogP contribution is -2.51. The molecular weight excluding hydrogens is 288 g/mol. The number of rotatable bonds is 4. The molecule has 5 heteroatoms. The lowest BCUT2D eigenvalue weighted by atomic mass is 9.83. The first-order chi connectivity index (χ1) is 10.2. The molecule has 0 aliphatic heterocycles. The van der Waals surface area contributed by atoms with Crippen LogP contribution in [-0.4, -0.2) is 22.5 Å². The number of para-hydroxylation sites is 1. The predicted octanol–water partition coefficient (Wildman–Crippen LogP) is 3.43. The Kier molecular flexibility index (Phi) is 4.15. The number of amides is 1. The number of nitrogens with zero attached hydrogens (tertiary/aromatic N) is 1. The van der Waals surface area contributed by atoms with Crippen molar-refractivity contribution in [3.63, 3.8) is 0 Å². The number of carbonyl (C=O) groups excluding carboxylic acids is 1. The van der Waals surface area contributed by atoms with E-state index in [0.29, 0.717) is 17.2 Å². The molecule has 2 aromatic rings. The van der Waals surface area contributed by atoms with E-state index in [1.165, 1.54) is 6.42 Å². The molecule has 21 heavy (non-hydrogen) atoms. The van der Waals surface area contributed by atoms with E-state index >= 15 is 0 Å². The van der Waals surface area contributed by atoms with E-state index < -0.39 is 0 Å². The lowest BCUT2D eigenvalue weighted by molar-refractivity contribution is -0.122. The van der Waals surface area contributed by atoms with Crippen molar-refractivity contribution < 1.29 is 9.32 Å². The molecule has 0 unspecified atom stereocenters. The van der Waals surface area contributed by atoms with Crippen LogP contribution in [-0.2, 0) is 11.2 Å². The zero-order chi connectivity index (χ0) is 14.7. The molecule has 0 spiro atoms. The van der Waals surface area contributed by atoms with Crippen molar-refractivity contribution in [3.05, 3.63) is 30.0 Å². The molecule has 0 atom stereocenters. The molecule has 1 fully saturated rings. The number of hydrogen-bond acceptors (Lipinski definition) is 3. The third-order valence-electron chi connectivity index (χ3n) is 4.25. The average molecular weight is 307 g/mol. The van der Waals surface area contributed by atoms with E-state index in [4.69, 9.17) is 16.1 Å². The minimum absolute atomic E-state index is 0.0309. The molecule has 3 rings (SSSR count). The van der Waals surface area contributed by atoms with Crippen molar-refractivity contribution >= 4 is 28.5 Å². The summed E-state index contributed by atoms with van der Waals surface area (Å²) in [5, 5.41) is 8.04. The second-order valence-electron chi connectivity index (χ2n) is 5.83. The van der Waals surface area contributed by atoms with Gasteiger partial charge in [-0.05, 0) is 25.0 Å². The lowest BCUT2D eigenvalue weighted by Gasteiger charge is -2.36. The van der Waals surface area contributed by atoms with E-state index in [1.54, 1.807) is 0 Å². The fraction of sp³-hybridized carbons (Fsp3) is 0.500. The van der Waals surface area contributed by atoms with E-state index in [2.05, 4.69) is 10.5 Å². The van der Waals surface area contributed by atoms with Gasteiger partial charge in [0.05, 0.1) is 12.0 Å². The van der Waals surface area contributed by atoms with Crippen LogP contribution in [0.3, 0.4) is 0 Å². The highest BCUT2D eigenvalue weighted by atomic mass is 35.5. The standard InChI is InChI=1S/C16H19ClN2O2/c17-11-16(8-4-1-5-9-16)18-15(20)10-13-12-6-2-3-7-14(12)21-19-13/h2-3,6-7H,1,4-5,8-11H2,(H,18,20). The fourth-order valence-corrected chi connectivity index (χ4v) is 3.41. The Balaban J connectivity index is 1.71. The van der Waals surface area contributed by atoms with Crippen molar-refractivity contribution in [2.24, 2.45) is 0 Å². The Labute approximate surface area is 128 Å². The highest BCUT2D eigenvalue weighted by Crippen LogP contribution is 2.29. The third kappa shape index (κ3) is 3.05. The van der Waals surface area contributed by atoms with Crippen molar-refractivity contribution in [2.45, 2.75) is 44.1 Å². The number of benzene rings is 1. The number of halogens is 1. The average Bonchev–Trinajstić information content (AvgIpc) is 2.91. The molecule has 4 nitrogen and oxygen atoms in total. The molecule has 1 N–H and O–H groups in total. The van der Waals surface area contributed by atoms with Crippen LogP contribution in [0.25, 0.3) is 11.0 Å². The topological polar surface area (TPSA) is 55.1 Å². The Morgan fingerprint density at radius 2 is 2.05 bits per heavy atom. The summed E-state index contributed by atoms with van der Waals surface area (Å²) < 4.78 is 5.24. The van der Waals surface area contributed by atoms with Crippen LogP contribution in [0.1, 0.15) is 37.8 Å². The van der Waals surface area contributed by atoms with E-state index in [1.807, 2.05) is 24.3 Å². The monoisotopic (exact) mass is 306 g/mol. The smallest absolute Gasteiger partial charge is 0.226 e. The van der Waals surface area contributed by atoms with Gasteiger partial charge >= 0.3 is 0 Å². The number of fused-ring (bicyclic) bond motifs is 1. The summed E-state index contributed by atoms with van der Waals surface area (Å²) in [7, 11) is 0. The third-order valence-corrected chi connectivity index (χ3v) is 4.76. The zero-order valence-corrected chi connectivity index (χ0v) is 12.7. The number of hydrogen-bond donors (Lipinski definition) is 1. The van der Waals surface area contributed by atoms with Crippen LogP contribution in [0.2, 0.25) is 0 Å². The molecule has 0 radical (unpaired) electrons. The number of aromatic nitrogens is 1. The Morgan fingerprint density at radius 1 is 1.29 bits per heavy atom. The minimum atomic E-state index is -0.240. The SMILES string of the molecule is O=C(Cc1noc2ccccc12)NC1(CCl)CCCCC1. The molecule has 1 aliphatic rings. The van der Waals surface area contributed by atoms with Gasteiger partial charge in [0.25, 0.3) is 0 Å². The Hall–Kier alpha value is -1.55. The van der Waals surface area contributed by atoms with Gasteiger partial charge in [-0.15, -0.1) is 11.6 Å². The predicted molar refractivity (Wildman–Crippen MR) is 82.4 cm³/mol. The maximum absolute atomic E-state index is 12.3. The van der Waals surface area contributed by atoms with Crippen LogP contribution in [0.5, 0.6) is 0 Å². The molecule has 0 saturated heterocycles. The van der Waals surface area contributed by atoms with Crippen molar-refractivity contribution in [3.8, 4) is 0 Å². The summed E-state index contributed by atoms with van der Waals surface area (Å²) in [5.74, 6) is 0.440. The first-order valence-corrected chi connectivity index (χ1v) is 7.96. The number of alkyl halides is 1. The second-order valence-corrected chi connectivity index (χ2v) is 6.09. The van der Waals surface area contributed by atoms with Crippen molar-refractivity contribution in [1.29, 1.82) is 0 Å². The molecule has 1 saturated carbocycles. The quantitative estimate of drug-likeness (QED) is 0.881. The Morgan fingerprint density at radius 3 is 2.81 bits per heavy atom. The van der Waals surface area contributed by atoms with Gasteiger partial charge in [-0.3, -0.25) is 4.79 Å². The molecule has 1 amide bonds. The Bertz CT molecular complexity index is 632. The van der Waals surface area contributed by atoms with Crippen molar-refractivity contribution in [1.82, 2.24) is 10.5 Å². The van der Waals surface area contributed by atoms with Gasteiger partial charge in [0, 0.05) is 11.3 Å². The summed E-state index contributed by atoms with van der Waals surface area (Å²) >= 11 is 6.11. The highest BCUT2D eigenvalue weighted by molar-refractivity contribution is 6.18. The summed E-state index contributed by atoms with van der Waals surface area (Å²) in [6, 6.07) is 7.59. The normalized spacial score (nSPS) is 17.8. The van der Waals surface area contributed by atoms with Crippen LogP contribution in [0.4, 0.5) is 0 Å². The van der Waals surface area contributed by atoms with Gasteiger partial charge in [0.1, 0.15) is 5.69 Å². The molecule has 1 aromatic carbocycles. The van der Waals surface area contributed by atoms with E-state index in [-0.39, 0.29) is 17.9 Å². The molecule has 0 bridgehead atoms. The van der Waals surface area contributed by atoms with Crippen LogP contribution < -0.4 is 5.32 Å². The number of carbonyl (C=O) groups is 1. The summed E-state index contributed by atoms with van der Waals surface area (Å²) in [6.45, 7) is 0. The molecule has 1 aromatic heterocycles. The van der Waals surface area contributed by atoms with Crippen LogP contribution >= 0.6 is 11.6 Å². The zero-order valence-electron chi connectivity index (χ0n) is 11.9. The fourth-order valence-electron chi connectivity index (χ4n) is 3.08. The molecular formula is C16H19ClN2O2. The van der Waals surface area contributed by atoms with Gasteiger partial charge < -0.3 is 9.84 Å². The van der Waals surface area contributed by atoms with Crippen LogP contribution in [0.15, 0.2) is 28.8 Å². The highest BCUT2D eigenvalue weighted by Gasteiger charge is 2.32. The van der Waals surface area contributed by atoms with Gasteiger partial charge in [-0.1, -0.05) is 36.6 Å². The molecule has 1 heterocycles. The van der Waals surface area contributed by atoms with E-state index in [9.17, 15) is 4.79 Å².